The summed E-state index contributed by atoms with van der Waals surface area (Å²) >= 11 is 0. The minimum Gasteiger partial charge on any atom is -0.339 e. The van der Waals surface area contributed by atoms with Gasteiger partial charge < -0.3 is 10.2 Å². The molecular weight excluding hydrogens is 328 g/mol. The molecule has 1 N–H and O–H groups in total. The van der Waals surface area contributed by atoms with Crippen molar-refractivity contribution in [1.82, 2.24) is 4.90 Å². The summed E-state index contributed by atoms with van der Waals surface area (Å²) in [6, 6.07) is 7.18. The van der Waals surface area contributed by atoms with E-state index in [0.29, 0.717) is 29.6 Å². The van der Waals surface area contributed by atoms with Crippen LogP contribution in [0, 0.1) is 17.8 Å². The van der Waals surface area contributed by atoms with Crippen molar-refractivity contribution < 1.29 is 14.4 Å². The molecule has 0 spiro atoms. The number of carbonyl (C=O) groups is 3. The molecule has 0 aromatic heterocycles. The van der Waals surface area contributed by atoms with Gasteiger partial charge in [0, 0.05) is 30.3 Å². The predicted octanol–water partition coefficient (Wildman–Crippen LogP) is 3.50. The quantitative estimate of drug-likeness (QED) is 0.840. The van der Waals surface area contributed by atoms with Crippen LogP contribution in [0.5, 0.6) is 0 Å². The van der Waals surface area contributed by atoms with Gasteiger partial charge in [0.05, 0.1) is 5.92 Å². The number of ketones is 1. The van der Waals surface area contributed by atoms with Crippen molar-refractivity contribution in [1.29, 1.82) is 0 Å². The van der Waals surface area contributed by atoms with E-state index in [-0.39, 0.29) is 36.0 Å². The Kier molecular flexibility index (Phi) is 5.44. The van der Waals surface area contributed by atoms with E-state index in [1.807, 2.05) is 4.90 Å². The lowest BCUT2D eigenvalue weighted by atomic mass is 9.77. The molecule has 1 aliphatic carbocycles. The maximum atomic E-state index is 12.6. The van der Waals surface area contributed by atoms with Crippen molar-refractivity contribution >= 4 is 23.3 Å². The smallest absolute Gasteiger partial charge is 0.229 e. The molecule has 1 aromatic carbocycles. The molecular formula is C21H28N2O3. The van der Waals surface area contributed by atoms with E-state index < -0.39 is 0 Å². The van der Waals surface area contributed by atoms with E-state index in [1.165, 1.54) is 13.3 Å². The first kappa shape index (κ1) is 18.6. The topological polar surface area (TPSA) is 66.5 Å². The number of carbonyl (C=O) groups excluding carboxylic acids is 3. The minimum absolute atomic E-state index is 0.0382. The lowest BCUT2D eigenvalue weighted by Gasteiger charge is -2.40. The van der Waals surface area contributed by atoms with Crippen LogP contribution in [0.1, 0.15) is 56.8 Å². The van der Waals surface area contributed by atoms with E-state index >= 15 is 0 Å². The highest BCUT2D eigenvalue weighted by molar-refractivity contribution is 5.99. The third-order valence-corrected chi connectivity index (χ3v) is 6.13. The first-order valence-electron chi connectivity index (χ1n) is 9.58. The molecule has 5 heteroatoms. The van der Waals surface area contributed by atoms with Crippen molar-refractivity contribution in [2.45, 2.75) is 52.5 Å². The molecule has 2 fully saturated rings. The number of nitrogens with one attached hydrogen (secondary N) is 1. The lowest BCUT2D eigenvalue weighted by molar-refractivity contribution is -0.131. The first-order valence-corrected chi connectivity index (χ1v) is 9.58. The average molecular weight is 356 g/mol. The molecule has 0 bridgehead atoms. The van der Waals surface area contributed by atoms with Gasteiger partial charge in [-0.1, -0.05) is 38.8 Å². The molecule has 1 heterocycles. The molecule has 26 heavy (non-hydrogen) atoms. The fourth-order valence-electron chi connectivity index (χ4n) is 4.28. The normalized spacial score (nSPS) is 28.9. The zero-order valence-corrected chi connectivity index (χ0v) is 15.8. The molecule has 1 saturated heterocycles. The molecule has 140 valence electrons. The van der Waals surface area contributed by atoms with Crippen molar-refractivity contribution in [3.8, 4) is 0 Å². The summed E-state index contributed by atoms with van der Waals surface area (Å²) in [4.78, 5) is 38.6. The second-order valence-corrected chi connectivity index (χ2v) is 7.91. The number of hydrogen-bond donors (Lipinski definition) is 1. The van der Waals surface area contributed by atoms with Crippen molar-refractivity contribution in [3.63, 3.8) is 0 Å². The molecule has 0 unspecified atom stereocenters. The van der Waals surface area contributed by atoms with Crippen molar-refractivity contribution in [2.24, 2.45) is 17.8 Å². The third-order valence-electron chi connectivity index (χ3n) is 6.13. The van der Waals surface area contributed by atoms with Crippen LogP contribution in [-0.4, -0.2) is 35.1 Å². The first-order chi connectivity index (χ1) is 12.4. The van der Waals surface area contributed by atoms with Gasteiger partial charge in [0.15, 0.2) is 5.78 Å². The Hall–Kier alpha value is -2.17. The second kappa shape index (κ2) is 7.60. The number of anilines is 1. The molecule has 5 nitrogen and oxygen atoms in total. The van der Waals surface area contributed by atoms with Gasteiger partial charge >= 0.3 is 0 Å². The van der Waals surface area contributed by atoms with Gasteiger partial charge in [-0.25, -0.2) is 0 Å². The molecule has 1 saturated carbocycles. The number of likely N-dealkylation sites (tertiary alicyclic amines) is 1. The molecule has 2 amide bonds. The SMILES string of the molecule is CC(=O)c1cccc(NC(=O)[C@@H]2CC(=O)N([C@H]3CCC[C@H](C)[C@H]3C)C2)c1. The minimum atomic E-state index is -0.326. The lowest BCUT2D eigenvalue weighted by Crippen LogP contribution is -2.45. The highest BCUT2D eigenvalue weighted by atomic mass is 16.2. The zero-order valence-electron chi connectivity index (χ0n) is 15.8. The Morgan fingerprint density at radius 2 is 1.96 bits per heavy atom. The largest absolute Gasteiger partial charge is 0.339 e. The Labute approximate surface area is 155 Å². The molecule has 4 atom stereocenters. The van der Waals surface area contributed by atoms with E-state index in [9.17, 15) is 14.4 Å². The van der Waals surface area contributed by atoms with Crippen LogP contribution in [0.4, 0.5) is 5.69 Å². The maximum absolute atomic E-state index is 12.6. The van der Waals surface area contributed by atoms with Crippen molar-refractivity contribution in [3.05, 3.63) is 29.8 Å². The van der Waals surface area contributed by atoms with E-state index in [4.69, 9.17) is 0 Å². The fourth-order valence-corrected chi connectivity index (χ4v) is 4.28. The number of Topliss-reactive ketones (excluding diaryl/α,β-unsaturated/α-hetero) is 1. The number of benzene rings is 1. The van der Waals surface area contributed by atoms with Crippen LogP contribution in [0.2, 0.25) is 0 Å². The molecule has 0 radical (unpaired) electrons. The van der Waals surface area contributed by atoms with E-state index in [2.05, 4.69) is 19.2 Å². The van der Waals surface area contributed by atoms with Crippen LogP contribution >= 0.6 is 0 Å². The summed E-state index contributed by atoms with van der Waals surface area (Å²) in [5, 5.41) is 2.87. The average Bonchev–Trinajstić information content (AvgIpc) is 2.99. The fraction of sp³-hybridized carbons (Fsp3) is 0.571. The highest BCUT2D eigenvalue weighted by Crippen LogP contribution is 2.35. The molecule has 1 aliphatic heterocycles. The third kappa shape index (κ3) is 3.81. The standard InChI is InChI=1S/C21H28N2O3/c1-13-6-4-9-19(14(13)2)23-12-17(11-20(23)25)21(26)22-18-8-5-7-16(10-18)15(3)24/h5,7-8,10,13-14,17,19H,4,6,9,11-12H2,1-3H3,(H,22,26)/t13-,14+,17+,19-/m0/s1. The summed E-state index contributed by atoms with van der Waals surface area (Å²) in [6.45, 7) is 6.48. The maximum Gasteiger partial charge on any atom is 0.229 e. The number of hydrogen-bond acceptors (Lipinski definition) is 3. The van der Waals surface area contributed by atoms with Crippen LogP contribution < -0.4 is 5.32 Å². The Bertz CT molecular complexity index is 715. The van der Waals surface area contributed by atoms with Gasteiger partial charge in [0.1, 0.15) is 0 Å². The molecule has 2 aliphatic rings. The van der Waals surface area contributed by atoms with Gasteiger partial charge in [0.2, 0.25) is 11.8 Å². The summed E-state index contributed by atoms with van der Waals surface area (Å²) in [6.07, 6.45) is 3.67. The molecule has 1 aromatic rings. The summed E-state index contributed by atoms with van der Waals surface area (Å²) in [5.41, 5.74) is 1.17. The summed E-state index contributed by atoms with van der Waals surface area (Å²) in [7, 11) is 0. The second-order valence-electron chi connectivity index (χ2n) is 7.91. The van der Waals surface area contributed by atoms with E-state index in [0.717, 1.165) is 12.8 Å². The van der Waals surface area contributed by atoms with Gasteiger partial charge in [-0.05, 0) is 37.3 Å². The van der Waals surface area contributed by atoms with Gasteiger partial charge in [0.25, 0.3) is 0 Å². The highest BCUT2D eigenvalue weighted by Gasteiger charge is 2.41. The summed E-state index contributed by atoms with van der Waals surface area (Å²) < 4.78 is 0. The Morgan fingerprint density at radius 1 is 1.19 bits per heavy atom. The monoisotopic (exact) mass is 356 g/mol. The van der Waals surface area contributed by atoms with Crippen LogP contribution in [0.25, 0.3) is 0 Å². The van der Waals surface area contributed by atoms with Crippen LogP contribution in [0.15, 0.2) is 24.3 Å². The van der Waals surface area contributed by atoms with Crippen molar-refractivity contribution in [2.75, 3.05) is 11.9 Å². The summed E-state index contributed by atoms with van der Waals surface area (Å²) in [5.74, 6) is 0.675. The predicted molar refractivity (Wildman–Crippen MR) is 101 cm³/mol. The van der Waals surface area contributed by atoms with Crippen LogP contribution in [0.3, 0.4) is 0 Å². The molecule has 3 rings (SSSR count). The van der Waals surface area contributed by atoms with E-state index in [1.54, 1.807) is 24.3 Å². The number of amides is 2. The Morgan fingerprint density at radius 3 is 2.69 bits per heavy atom. The van der Waals surface area contributed by atoms with Gasteiger partial charge in [-0.15, -0.1) is 0 Å². The van der Waals surface area contributed by atoms with Crippen LogP contribution in [-0.2, 0) is 9.59 Å². The number of rotatable bonds is 4. The Balaban J connectivity index is 1.65. The van der Waals surface area contributed by atoms with Gasteiger partial charge in [-0.3, -0.25) is 14.4 Å². The number of nitrogens with zero attached hydrogens (tertiary/aromatic N) is 1. The zero-order chi connectivity index (χ0) is 18.8. The van der Waals surface area contributed by atoms with Gasteiger partial charge in [-0.2, -0.15) is 0 Å².